The Morgan fingerprint density at radius 1 is 1.29 bits per heavy atom. The van der Waals surface area contributed by atoms with Crippen LogP contribution in [-0.2, 0) is 0 Å². The van der Waals surface area contributed by atoms with Gasteiger partial charge in [-0.1, -0.05) is 12.1 Å². The molecule has 3 nitrogen and oxygen atoms in total. The van der Waals surface area contributed by atoms with Crippen molar-refractivity contribution < 1.29 is 9.18 Å². The summed E-state index contributed by atoms with van der Waals surface area (Å²) in [6, 6.07) is 6.83. The second kappa shape index (κ2) is 9.36. The maximum Gasteiger partial charge on any atom is 0.164 e. The van der Waals surface area contributed by atoms with Crippen LogP contribution >= 0.6 is 24.8 Å². The molecule has 6 heteroatoms. The van der Waals surface area contributed by atoms with Crippen molar-refractivity contribution in [1.29, 1.82) is 0 Å². The van der Waals surface area contributed by atoms with E-state index in [1.54, 1.807) is 12.1 Å². The predicted octanol–water partition coefficient (Wildman–Crippen LogP) is 2.92. The minimum absolute atomic E-state index is 0. The molecule has 0 amide bonds. The van der Waals surface area contributed by atoms with Crippen molar-refractivity contribution >= 4 is 30.6 Å². The summed E-state index contributed by atoms with van der Waals surface area (Å²) in [7, 11) is 0. The normalized spacial score (nSPS) is 22.0. The van der Waals surface area contributed by atoms with Gasteiger partial charge in [-0.05, 0) is 26.0 Å². The molecule has 2 atom stereocenters. The molecule has 0 bridgehead atoms. The zero-order valence-electron chi connectivity index (χ0n) is 12.3. The van der Waals surface area contributed by atoms with Crippen molar-refractivity contribution in [2.45, 2.75) is 32.4 Å². The van der Waals surface area contributed by atoms with Crippen LogP contribution in [0, 0.1) is 5.82 Å². The molecule has 1 aliphatic heterocycles. The lowest BCUT2D eigenvalue weighted by Gasteiger charge is -2.36. The fourth-order valence-electron chi connectivity index (χ4n) is 2.69. The highest BCUT2D eigenvalue weighted by Gasteiger charge is 2.21. The summed E-state index contributed by atoms with van der Waals surface area (Å²) in [5.41, 5.74) is 0.469. The van der Waals surface area contributed by atoms with Gasteiger partial charge in [0.1, 0.15) is 5.82 Å². The van der Waals surface area contributed by atoms with E-state index < -0.39 is 0 Å². The standard InChI is InChI=1S/C15H21FN2O.2ClH/c1-11-9-18(10-12(2)17-11)7-6-15(19)13-4-3-5-14(16)8-13;;/h3-5,8,11-12,17H,6-7,9-10H2,1-2H3;2*1H. The van der Waals surface area contributed by atoms with Gasteiger partial charge in [-0.2, -0.15) is 0 Å². The van der Waals surface area contributed by atoms with Crippen molar-refractivity contribution in [3.63, 3.8) is 0 Å². The maximum atomic E-state index is 13.1. The third kappa shape index (κ3) is 6.30. The number of carbonyl (C=O) groups excluding carboxylic acids is 1. The smallest absolute Gasteiger partial charge is 0.164 e. The number of piperazine rings is 1. The molecule has 0 spiro atoms. The second-order valence-electron chi connectivity index (χ2n) is 5.41. The number of hydrogen-bond donors (Lipinski definition) is 1. The van der Waals surface area contributed by atoms with Gasteiger partial charge in [-0.15, -0.1) is 24.8 Å². The molecule has 0 saturated carbocycles. The molecule has 0 aliphatic carbocycles. The first kappa shape index (κ1) is 20.3. The highest BCUT2D eigenvalue weighted by molar-refractivity contribution is 5.96. The second-order valence-corrected chi connectivity index (χ2v) is 5.41. The van der Waals surface area contributed by atoms with Crippen molar-refractivity contribution in [2.24, 2.45) is 0 Å². The maximum absolute atomic E-state index is 13.1. The Labute approximate surface area is 138 Å². The largest absolute Gasteiger partial charge is 0.309 e. The Balaban J connectivity index is 0.00000200. The average molecular weight is 337 g/mol. The molecule has 1 heterocycles. The van der Waals surface area contributed by atoms with Gasteiger partial charge >= 0.3 is 0 Å². The van der Waals surface area contributed by atoms with E-state index in [4.69, 9.17) is 0 Å². The zero-order chi connectivity index (χ0) is 13.8. The van der Waals surface area contributed by atoms with E-state index in [9.17, 15) is 9.18 Å². The van der Waals surface area contributed by atoms with E-state index in [1.165, 1.54) is 12.1 Å². The van der Waals surface area contributed by atoms with Crippen LogP contribution in [0.15, 0.2) is 24.3 Å². The van der Waals surface area contributed by atoms with Crippen LogP contribution in [0.1, 0.15) is 30.6 Å². The van der Waals surface area contributed by atoms with Crippen LogP contribution in [0.2, 0.25) is 0 Å². The molecule has 2 unspecified atom stereocenters. The first-order valence-electron chi connectivity index (χ1n) is 6.82. The lowest BCUT2D eigenvalue weighted by molar-refractivity contribution is 0.0945. The van der Waals surface area contributed by atoms with Crippen LogP contribution in [0.4, 0.5) is 4.39 Å². The van der Waals surface area contributed by atoms with Crippen molar-refractivity contribution in [1.82, 2.24) is 10.2 Å². The van der Waals surface area contributed by atoms with E-state index in [0.29, 0.717) is 24.1 Å². The monoisotopic (exact) mass is 336 g/mol. The lowest BCUT2D eigenvalue weighted by atomic mass is 10.1. The molecular weight excluding hydrogens is 314 g/mol. The highest BCUT2D eigenvalue weighted by atomic mass is 35.5. The summed E-state index contributed by atoms with van der Waals surface area (Å²) in [4.78, 5) is 14.3. The van der Waals surface area contributed by atoms with E-state index in [2.05, 4.69) is 24.1 Å². The van der Waals surface area contributed by atoms with Gasteiger partial charge in [0.2, 0.25) is 0 Å². The topological polar surface area (TPSA) is 32.3 Å². The summed E-state index contributed by atoms with van der Waals surface area (Å²) < 4.78 is 13.1. The fraction of sp³-hybridized carbons (Fsp3) is 0.533. The van der Waals surface area contributed by atoms with Gasteiger partial charge < -0.3 is 5.32 Å². The molecule has 1 saturated heterocycles. The van der Waals surface area contributed by atoms with Crippen molar-refractivity contribution in [2.75, 3.05) is 19.6 Å². The van der Waals surface area contributed by atoms with Crippen molar-refractivity contribution in [3.05, 3.63) is 35.6 Å². The van der Waals surface area contributed by atoms with E-state index in [-0.39, 0.29) is 36.4 Å². The van der Waals surface area contributed by atoms with Gasteiger partial charge in [-0.25, -0.2) is 4.39 Å². The Kier molecular flexibility index (Phi) is 9.06. The molecule has 0 aromatic heterocycles. The quantitative estimate of drug-likeness (QED) is 0.858. The summed E-state index contributed by atoms with van der Waals surface area (Å²) >= 11 is 0. The number of nitrogens with one attached hydrogen (secondary N) is 1. The molecule has 1 N–H and O–H groups in total. The van der Waals surface area contributed by atoms with Crippen LogP contribution in [0.25, 0.3) is 0 Å². The first-order valence-corrected chi connectivity index (χ1v) is 6.82. The minimum Gasteiger partial charge on any atom is -0.309 e. The molecule has 0 radical (unpaired) electrons. The third-order valence-electron chi connectivity index (χ3n) is 3.43. The number of carbonyl (C=O) groups is 1. The summed E-state index contributed by atoms with van der Waals surface area (Å²) in [5, 5.41) is 3.46. The summed E-state index contributed by atoms with van der Waals surface area (Å²) in [6.45, 7) is 6.96. The minimum atomic E-state index is -0.352. The van der Waals surface area contributed by atoms with Crippen LogP contribution in [-0.4, -0.2) is 42.4 Å². The molecule has 1 aromatic carbocycles. The van der Waals surface area contributed by atoms with Crippen molar-refractivity contribution in [3.8, 4) is 0 Å². The Morgan fingerprint density at radius 2 is 1.90 bits per heavy atom. The molecule has 2 rings (SSSR count). The summed E-state index contributed by atoms with van der Waals surface area (Å²) in [6.07, 6.45) is 0.447. The molecule has 1 fully saturated rings. The third-order valence-corrected chi connectivity index (χ3v) is 3.43. The molecule has 1 aromatic rings. The van der Waals surface area contributed by atoms with Crippen LogP contribution in [0.5, 0.6) is 0 Å². The van der Waals surface area contributed by atoms with Crippen LogP contribution in [0.3, 0.4) is 0 Å². The number of rotatable bonds is 4. The number of halogens is 3. The molecule has 21 heavy (non-hydrogen) atoms. The number of ketones is 1. The molecule has 1 aliphatic rings. The predicted molar refractivity (Wildman–Crippen MR) is 88.3 cm³/mol. The summed E-state index contributed by atoms with van der Waals surface area (Å²) in [5.74, 6) is -0.339. The van der Waals surface area contributed by atoms with Gasteiger partial charge in [0.15, 0.2) is 5.78 Å². The first-order chi connectivity index (χ1) is 9.04. The molecule has 120 valence electrons. The Morgan fingerprint density at radius 3 is 2.48 bits per heavy atom. The van der Waals surface area contributed by atoms with Gasteiger partial charge in [0, 0.05) is 43.7 Å². The van der Waals surface area contributed by atoms with Gasteiger partial charge in [0.25, 0.3) is 0 Å². The zero-order valence-corrected chi connectivity index (χ0v) is 14.0. The Bertz CT molecular complexity index is 449. The van der Waals surface area contributed by atoms with Gasteiger partial charge in [0.05, 0.1) is 0 Å². The SMILES string of the molecule is CC1CN(CCC(=O)c2cccc(F)c2)CC(C)N1.Cl.Cl. The van der Waals surface area contributed by atoms with E-state index in [0.717, 1.165) is 19.6 Å². The lowest BCUT2D eigenvalue weighted by Crippen LogP contribution is -2.54. The fourth-order valence-corrected chi connectivity index (χ4v) is 2.69. The highest BCUT2D eigenvalue weighted by Crippen LogP contribution is 2.09. The molecular formula is C15H23Cl2FN2O. The number of hydrogen-bond acceptors (Lipinski definition) is 3. The number of nitrogens with zero attached hydrogens (tertiary/aromatic N) is 1. The van der Waals surface area contributed by atoms with E-state index in [1.807, 2.05) is 0 Å². The van der Waals surface area contributed by atoms with Crippen LogP contribution < -0.4 is 5.32 Å². The van der Waals surface area contributed by atoms with Gasteiger partial charge in [-0.3, -0.25) is 9.69 Å². The number of benzene rings is 1. The average Bonchev–Trinajstić information content (AvgIpc) is 2.35. The van der Waals surface area contributed by atoms with E-state index >= 15 is 0 Å². The Hall–Kier alpha value is -0.680. The number of Topliss-reactive ketones (excluding diaryl/α,β-unsaturated/α-hetero) is 1.